The van der Waals surface area contributed by atoms with Crippen molar-refractivity contribution in [2.75, 3.05) is 11.9 Å². The second-order valence-corrected chi connectivity index (χ2v) is 5.45. The Hall–Kier alpha value is -2.33. The van der Waals surface area contributed by atoms with E-state index in [1.807, 2.05) is 48.5 Å². The van der Waals surface area contributed by atoms with Gasteiger partial charge in [-0.15, -0.1) is 0 Å². The van der Waals surface area contributed by atoms with Gasteiger partial charge in [-0.25, -0.2) is 5.43 Å². The summed E-state index contributed by atoms with van der Waals surface area (Å²) in [5, 5.41) is 7.84. The maximum atomic E-state index is 11.9. The van der Waals surface area contributed by atoms with Gasteiger partial charge in [0.15, 0.2) is 0 Å². The predicted octanol–water partition coefficient (Wildman–Crippen LogP) is 4.07. The highest BCUT2D eigenvalue weighted by Crippen LogP contribution is 2.19. The molecular formula is C18H20ClN3O. The summed E-state index contributed by atoms with van der Waals surface area (Å²) in [5.41, 5.74) is 5.22. The van der Waals surface area contributed by atoms with Gasteiger partial charge < -0.3 is 5.32 Å². The Morgan fingerprint density at radius 3 is 2.48 bits per heavy atom. The normalized spacial score (nSPS) is 11.1. The van der Waals surface area contributed by atoms with Crippen LogP contribution in [0.3, 0.4) is 0 Å². The molecule has 0 atom stereocenters. The molecule has 120 valence electrons. The summed E-state index contributed by atoms with van der Waals surface area (Å²) in [5.74, 6) is -0.213. The topological polar surface area (TPSA) is 53.5 Å². The zero-order valence-corrected chi connectivity index (χ0v) is 13.8. The fraction of sp³-hybridized carbons (Fsp3) is 0.222. The molecule has 2 aromatic rings. The first kappa shape index (κ1) is 17.0. The minimum atomic E-state index is -0.213. The molecular weight excluding hydrogens is 310 g/mol. The van der Waals surface area contributed by atoms with Gasteiger partial charge in [0.25, 0.3) is 5.91 Å². The van der Waals surface area contributed by atoms with Crippen LogP contribution in [0.25, 0.3) is 0 Å². The molecule has 2 N–H and O–H groups in total. The number of carbonyl (C=O) groups excluding carboxylic acids is 1. The quantitative estimate of drug-likeness (QED) is 0.594. The largest absolute Gasteiger partial charge is 0.375 e. The van der Waals surface area contributed by atoms with Crippen LogP contribution < -0.4 is 10.7 Å². The third-order valence-electron chi connectivity index (χ3n) is 3.22. The first-order valence-electron chi connectivity index (χ1n) is 7.60. The van der Waals surface area contributed by atoms with Crippen LogP contribution in [0.2, 0.25) is 5.02 Å². The molecule has 0 bridgehead atoms. The summed E-state index contributed by atoms with van der Waals surface area (Å²) >= 11 is 6.03. The molecule has 23 heavy (non-hydrogen) atoms. The summed E-state index contributed by atoms with van der Waals surface area (Å²) in [7, 11) is 0. The predicted molar refractivity (Wildman–Crippen MR) is 96.0 cm³/mol. The Morgan fingerprint density at radius 2 is 1.78 bits per heavy atom. The van der Waals surface area contributed by atoms with Gasteiger partial charge in [-0.1, -0.05) is 67.4 Å². The van der Waals surface area contributed by atoms with Gasteiger partial charge in [0.05, 0.1) is 23.0 Å². The van der Waals surface area contributed by atoms with Crippen LogP contribution in [0.5, 0.6) is 0 Å². The standard InChI is InChI=1S/C18H20ClN3O/c1-2-8-16(14-9-4-3-5-10-14)21-22-18(23)13-20-17-12-7-6-11-15(17)19/h3-7,9-12,20H,2,8,13H2,1H3,(H,22,23)/b21-16-. The minimum Gasteiger partial charge on any atom is -0.375 e. The van der Waals surface area contributed by atoms with Gasteiger partial charge in [0, 0.05) is 0 Å². The number of hydrogen-bond acceptors (Lipinski definition) is 3. The molecule has 0 unspecified atom stereocenters. The Labute approximate surface area is 141 Å². The van der Waals surface area contributed by atoms with Crippen molar-refractivity contribution in [1.82, 2.24) is 5.43 Å². The molecule has 2 aromatic carbocycles. The molecule has 0 spiro atoms. The number of hydrogen-bond donors (Lipinski definition) is 2. The van der Waals surface area contributed by atoms with Crippen molar-refractivity contribution in [3.8, 4) is 0 Å². The highest BCUT2D eigenvalue weighted by Gasteiger charge is 2.05. The van der Waals surface area contributed by atoms with E-state index >= 15 is 0 Å². The number of para-hydroxylation sites is 1. The molecule has 2 rings (SSSR count). The number of benzene rings is 2. The molecule has 0 radical (unpaired) electrons. The van der Waals surface area contributed by atoms with Gasteiger partial charge in [-0.05, 0) is 24.1 Å². The molecule has 0 saturated carbocycles. The van der Waals surface area contributed by atoms with Crippen LogP contribution in [0, 0.1) is 0 Å². The molecule has 0 fully saturated rings. The van der Waals surface area contributed by atoms with E-state index in [0.29, 0.717) is 5.02 Å². The van der Waals surface area contributed by atoms with Crippen molar-refractivity contribution in [3.05, 3.63) is 65.2 Å². The number of anilines is 1. The van der Waals surface area contributed by atoms with Crippen molar-refractivity contribution in [2.24, 2.45) is 5.10 Å². The average molecular weight is 330 g/mol. The lowest BCUT2D eigenvalue weighted by Crippen LogP contribution is -2.27. The number of halogens is 1. The highest BCUT2D eigenvalue weighted by molar-refractivity contribution is 6.33. The van der Waals surface area contributed by atoms with Gasteiger partial charge in [-0.2, -0.15) is 5.10 Å². The second kappa shape index (κ2) is 8.96. The minimum absolute atomic E-state index is 0.113. The number of rotatable bonds is 7. The first-order valence-corrected chi connectivity index (χ1v) is 7.97. The summed E-state index contributed by atoms with van der Waals surface area (Å²) in [6.45, 7) is 2.20. The van der Waals surface area contributed by atoms with Crippen molar-refractivity contribution in [2.45, 2.75) is 19.8 Å². The zero-order chi connectivity index (χ0) is 16.5. The third kappa shape index (κ3) is 5.42. The monoisotopic (exact) mass is 329 g/mol. The summed E-state index contributed by atoms with van der Waals surface area (Å²) in [6.07, 6.45) is 1.77. The van der Waals surface area contributed by atoms with E-state index < -0.39 is 0 Å². The van der Waals surface area contributed by atoms with E-state index in [0.717, 1.165) is 29.8 Å². The summed E-state index contributed by atoms with van der Waals surface area (Å²) < 4.78 is 0. The zero-order valence-electron chi connectivity index (χ0n) is 13.1. The summed E-state index contributed by atoms with van der Waals surface area (Å²) in [4.78, 5) is 11.9. The molecule has 0 heterocycles. The number of nitrogens with one attached hydrogen (secondary N) is 2. The number of hydrazone groups is 1. The van der Waals surface area contributed by atoms with Crippen LogP contribution in [0.15, 0.2) is 59.7 Å². The van der Waals surface area contributed by atoms with E-state index in [2.05, 4.69) is 22.8 Å². The lowest BCUT2D eigenvalue weighted by Gasteiger charge is -2.08. The van der Waals surface area contributed by atoms with Gasteiger partial charge in [0.1, 0.15) is 0 Å². The van der Waals surface area contributed by atoms with Crippen LogP contribution in [0.1, 0.15) is 25.3 Å². The molecule has 0 aliphatic rings. The van der Waals surface area contributed by atoms with Crippen molar-refractivity contribution >= 4 is 28.9 Å². The molecule has 0 aromatic heterocycles. The molecule has 0 aliphatic carbocycles. The van der Waals surface area contributed by atoms with Crippen LogP contribution in [-0.4, -0.2) is 18.2 Å². The van der Waals surface area contributed by atoms with E-state index in [-0.39, 0.29) is 12.5 Å². The number of nitrogens with zero attached hydrogens (tertiary/aromatic N) is 1. The van der Waals surface area contributed by atoms with Crippen LogP contribution in [0.4, 0.5) is 5.69 Å². The Kier molecular flexibility index (Phi) is 6.63. The fourth-order valence-electron chi connectivity index (χ4n) is 2.08. The van der Waals surface area contributed by atoms with E-state index in [1.165, 1.54) is 0 Å². The molecule has 0 saturated heterocycles. The molecule has 1 amide bonds. The van der Waals surface area contributed by atoms with Crippen molar-refractivity contribution in [1.29, 1.82) is 0 Å². The fourth-order valence-corrected chi connectivity index (χ4v) is 2.28. The number of carbonyl (C=O) groups is 1. The van der Waals surface area contributed by atoms with Crippen molar-refractivity contribution in [3.63, 3.8) is 0 Å². The first-order chi connectivity index (χ1) is 11.2. The maximum Gasteiger partial charge on any atom is 0.259 e. The van der Waals surface area contributed by atoms with Crippen LogP contribution in [-0.2, 0) is 4.79 Å². The molecule has 0 aliphatic heterocycles. The maximum absolute atomic E-state index is 11.9. The van der Waals surface area contributed by atoms with E-state index in [1.54, 1.807) is 6.07 Å². The smallest absolute Gasteiger partial charge is 0.259 e. The molecule has 5 heteroatoms. The van der Waals surface area contributed by atoms with Gasteiger partial charge >= 0.3 is 0 Å². The van der Waals surface area contributed by atoms with Gasteiger partial charge in [0.2, 0.25) is 0 Å². The van der Waals surface area contributed by atoms with Gasteiger partial charge in [-0.3, -0.25) is 4.79 Å². The van der Waals surface area contributed by atoms with Crippen molar-refractivity contribution < 1.29 is 4.79 Å². The van der Waals surface area contributed by atoms with E-state index in [4.69, 9.17) is 11.6 Å². The second-order valence-electron chi connectivity index (χ2n) is 5.04. The lowest BCUT2D eigenvalue weighted by molar-refractivity contribution is -0.119. The molecule has 4 nitrogen and oxygen atoms in total. The summed E-state index contributed by atoms with van der Waals surface area (Å²) in [6, 6.07) is 17.2. The average Bonchev–Trinajstić information content (AvgIpc) is 2.58. The Balaban J connectivity index is 1.94. The van der Waals surface area contributed by atoms with E-state index in [9.17, 15) is 4.79 Å². The Bertz CT molecular complexity index is 671. The third-order valence-corrected chi connectivity index (χ3v) is 3.55. The number of amides is 1. The lowest BCUT2D eigenvalue weighted by atomic mass is 10.1. The van der Waals surface area contributed by atoms with Crippen LogP contribution >= 0.6 is 11.6 Å². The Morgan fingerprint density at radius 1 is 1.09 bits per heavy atom. The SMILES string of the molecule is CCC/C(=N/NC(=O)CNc1ccccc1Cl)c1ccccc1. The highest BCUT2D eigenvalue weighted by atomic mass is 35.5.